The van der Waals surface area contributed by atoms with Crippen LogP contribution in [0.4, 0.5) is 4.79 Å². The van der Waals surface area contributed by atoms with Crippen LogP contribution in [0.3, 0.4) is 0 Å². The second kappa shape index (κ2) is 11.0. The zero-order valence-corrected chi connectivity index (χ0v) is 22.1. The largest absolute Gasteiger partial charge is 0.493 e. The van der Waals surface area contributed by atoms with Gasteiger partial charge in [0.05, 0.1) is 33.8 Å². The van der Waals surface area contributed by atoms with Crippen LogP contribution in [0, 0.1) is 21.8 Å². The standard InChI is InChI=1S/C27H21IN2O4S/c1-17-7-3-4-9-20(17)15-30-26(31)24(35-27(30)32)13-18-11-22(28)25(23(12-18)33-2)34-16-21-10-6-5-8-19(21)14-29/h3-13H,15-16H2,1-2H3/b24-13-. The molecule has 0 unspecified atom stereocenters. The fourth-order valence-electron chi connectivity index (χ4n) is 3.61. The number of benzene rings is 3. The first-order chi connectivity index (χ1) is 16.9. The Kier molecular flexibility index (Phi) is 7.78. The summed E-state index contributed by atoms with van der Waals surface area (Å²) in [6.45, 7) is 2.42. The summed E-state index contributed by atoms with van der Waals surface area (Å²) in [5, 5.41) is 9.01. The first kappa shape index (κ1) is 24.8. The van der Waals surface area contributed by atoms with Crippen molar-refractivity contribution in [3.05, 3.63) is 97.0 Å². The maximum atomic E-state index is 13.0. The molecule has 176 valence electrons. The van der Waals surface area contributed by atoms with E-state index in [1.165, 1.54) is 4.90 Å². The molecule has 0 saturated carbocycles. The predicted molar refractivity (Wildman–Crippen MR) is 144 cm³/mol. The van der Waals surface area contributed by atoms with Gasteiger partial charge >= 0.3 is 0 Å². The van der Waals surface area contributed by atoms with Crippen LogP contribution in [0.15, 0.2) is 65.6 Å². The van der Waals surface area contributed by atoms with E-state index in [1.54, 1.807) is 25.3 Å². The molecular formula is C27H21IN2O4S. The van der Waals surface area contributed by atoms with Gasteiger partial charge in [0.2, 0.25) is 0 Å². The molecular weight excluding hydrogens is 575 g/mol. The number of halogens is 1. The molecule has 1 saturated heterocycles. The number of carbonyl (C=O) groups is 2. The monoisotopic (exact) mass is 596 g/mol. The third-order valence-corrected chi connectivity index (χ3v) is 7.23. The molecule has 2 amide bonds. The van der Waals surface area contributed by atoms with E-state index in [4.69, 9.17) is 9.47 Å². The smallest absolute Gasteiger partial charge is 0.293 e. The lowest BCUT2D eigenvalue weighted by molar-refractivity contribution is -0.123. The molecule has 0 atom stereocenters. The number of hydrogen-bond acceptors (Lipinski definition) is 6. The highest BCUT2D eigenvalue weighted by Gasteiger charge is 2.35. The first-order valence-electron chi connectivity index (χ1n) is 10.7. The summed E-state index contributed by atoms with van der Waals surface area (Å²) in [7, 11) is 1.54. The van der Waals surface area contributed by atoms with E-state index in [0.717, 1.165) is 37.6 Å². The fraction of sp³-hybridized carbons (Fsp3) is 0.148. The van der Waals surface area contributed by atoms with Gasteiger partial charge in [-0.2, -0.15) is 5.26 Å². The lowest BCUT2D eigenvalue weighted by Crippen LogP contribution is -2.27. The van der Waals surface area contributed by atoms with Crippen molar-refractivity contribution in [2.45, 2.75) is 20.1 Å². The van der Waals surface area contributed by atoms with Gasteiger partial charge < -0.3 is 9.47 Å². The van der Waals surface area contributed by atoms with Gasteiger partial charge in [0.1, 0.15) is 6.61 Å². The van der Waals surface area contributed by atoms with E-state index >= 15 is 0 Å². The Hall–Kier alpha value is -3.29. The normalized spacial score (nSPS) is 14.3. The average Bonchev–Trinajstić information content (AvgIpc) is 3.11. The van der Waals surface area contributed by atoms with Crippen LogP contribution in [-0.4, -0.2) is 23.2 Å². The van der Waals surface area contributed by atoms with Crippen molar-refractivity contribution in [3.8, 4) is 17.6 Å². The number of nitrogens with zero attached hydrogens (tertiary/aromatic N) is 2. The molecule has 0 bridgehead atoms. The van der Waals surface area contributed by atoms with Crippen LogP contribution >= 0.6 is 34.4 Å². The molecule has 1 aliphatic heterocycles. The van der Waals surface area contributed by atoms with Crippen molar-refractivity contribution < 1.29 is 19.1 Å². The predicted octanol–water partition coefficient (Wildman–Crippen LogP) is 6.30. The Labute approximate surface area is 221 Å². The van der Waals surface area contributed by atoms with Gasteiger partial charge in [-0.05, 0) is 82.2 Å². The molecule has 0 aromatic heterocycles. The molecule has 3 aromatic carbocycles. The Morgan fingerprint density at radius 1 is 1.09 bits per heavy atom. The number of rotatable bonds is 7. The highest BCUT2D eigenvalue weighted by Crippen LogP contribution is 2.38. The zero-order chi connectivity index (χ0) is 24.9. The van der Waals surface area contributed by atoms with E-state index < -0.39 is 0 Å². The maximum Gasteiger partial charge on any atom is 0.293 e. The molecule has 0 radical (unpaired) electrons. The Morgan fingerprint density at radius 2 is 1.80 bits per heavy atom. The first-order valence-corrected chi connectivity index (χ1v) is 12.6. The number of thioether (sulfide) groups is 1. The minimum atomic E-state index is -0.314. The number of nitriles is 1. The highest BCUT2D eigenvalue weighted by atomic mass is 127. The minimum absolute atomic E-state index is 0.216. The number of aryl methyl sites for hydroxylation is 1. The van der Waals surface area contributed by atoms with Crippen LogP contribution in [0.1, 0.15) is 27.8 Å². The van der Waals surface area contributed by atoms with E-state index in [-0.39, 0.29) is 24.3 Å². The van der Waals surface area contributed by atoms with Gasteiger partial charge in [0.15, 0.2) is 11.5 Å². The lowest BCUT2D eigenvalue weighted by Gasteiger charge is -2.15. The summed E-state index contributed by atoms with van der Waals surface area (Å²) in [4.78, 5) is 27.2. The lowest BCUT2D eigenvalue weighted by atomic mass is 10.1. The van der Waals surface area contributed by atoms with Crippen molar-refractivity contribution in [2.75, 3.05) is 7.11 Å². The van der Waals surface area contributed by atoms with Crippen molar-refractivity contribution in [2.24, 2.45) is 0 Å². The highest BCUT2D eigenvalue weighted by molar-refractivity contribution is 14.1. The van der Waals surface area contributed by atoms with Crippen molar-refractivity contribution in [1.82, 2.24) is 4.90 Å². The van der Waals surface area contributed by atoms with Gasteiger partial charge in [-0.1, -0.05) is 42.5 Å². The molecule has 0 aliphatic carbocycles. The summed E-state index contributed by atoms with van der Waals surface area (Å²) >= 11 is 3.08. The van der Waals surface area contributed by atoms with Crippen molar-refractivity contribution >= 4 is 51.6 Å². The molecule has 4 rings (SSSR count). The van der Waals surface area contributed by atoms with E-state index in [9.17, 15) is 14.9 Å². The summed E-state index contributed by atoms with van der Waals surface area (Å²) in [6.07, 6.45) is 1.70. The van der Waals surface area contributed by atoms with Crippen LogP contribution in [0.2, 0.25) is 0 Å². The molecule has 6 nitrogen and oxygen atoms in total. The molecule has 8 heteroatoms. The SMILES string of the molecule is COc1cc(/C=C2\SC(=O)N(Cc3ccccc3C)C2=O)cc(I)c1OCc1ccccc1C#N. The summed E-state index contributed by atoms with van der Waals surface area (Å²) in [5.41, 5.74) is 4.02. The molecule has 0 N–H and O–H groups in total. The second-order valence-corrected chi connectivity index (χ2v) is 9.94. The Bertz CT molecular complexity index is 1380. The van der Waals surface area contributed by atoms with Crippen LogP contribution in [0.5, 0.6) is 11.5 Å². The van der Waals surface area contributed by atoms with Gasteiger partial charge in [-0.15, -0.1) is 0 Å². The molecule has 35 heavy (non-hydrogen) atoms. The number of imide groups is 1. The number of ether oxygens (including phenoxy) is 2. The quantitative estimate of drug-likeness (QED) is 0.236. The number of carbonyl (C=O) groups excluding carboxylic acids is 2. The summed E-state index contributed by atoms with van der Waals surface area (Å²) < 4.78 is 12.3. The van der Waals surface area contributed by atoms with Crippen LogP contribution in [0.25, 0.3) is 6.08 Å². The average molecular weight is 596 g/mol. The molecule has 0 spiro atoms. The maximum absolute atomic E-state index is 13.0. The van der Waals surface area contributed by atoms with Gasteiger partial charge in [-0.25, -0.2) is 0 Å². The van der Waals surface area contributed by atoms with Gasteiger partial charge in [0, 0.05) is 5.56 Å². The van der Waals surface area contributed by atoms with Gasteiger partial charge in [0.25, 0.3) is 11.1 Å². The molecule has 3 aromatic rings. The molecule has 1 aliphatic rings. The Morgan fingerprint density at radius 3 is 2.51 bits per heavy atom. The topological polar surface area (TPSA) is 79.6 Å². The molecule has 1 fully saturated rings. The van der Waals surface area contributed by atoms with Crippen LogP contribution < -0.4 is 9.47 Å². The summed E-state index contributed by atoms with van der Waals surface area (Å²) in [6, 6.07) is 20.8. The van der Waals surface area contributed by atoms with E-state index in [0.29, 0.717) is 22.0 Å². The van der Waals surface area contributed by atoms with E-state index in [2.05, 4.69) is 28.7 Å². The number of amides is 2. The fourth-order valence-corrected chi connectivity index (χ4v) is 5.23. The Balaban J connectivity index is 1.55. The number of methoxy groups -OCH3 is 1. The van der Waals surface area contributed by atoms with Crippen molar-refractivity contribution in [3.63, 3.8) is 0 Å². The van der Waals surface area contributed by atoms with E-state index in [1.807, 2.05) is 55.5 Å². The minimum Gasteiger partial charge on any atom is -0.493 e. The third-order valence-electron chi connectivity index (χ3n) is 5.52. The van der Waals surface area contributed by atoms with Crippen molar-refractivity contribution in [1.29, 1.82) is 5.26 Å². The van der Waals surface area contributed by atoms with Crippen LogP contribution in [-0.2, 0) is 17.9 Å². The second-order valence-electron chi connectivity index (χ2n) is 7.79. The molecule has 1 heterocycles. The zero-order valence-electron chi connectivity index (χ0n) is 19.1. The number of hydrogen-bond donors (Lipinski definition) is 0. The van der Waals surface area contributed by atoms with Gasteiger partial charge in [-0.3, -0.25) is 14.5 Å². The third kappa shape index (κ3) is 5.52. The summed E-state index contributed by atoms with van der Waals surface area (Å²) in [5.74, 6) is 0.730.